The Kier molecular flexibility index (Phi) is 4.60. The van der Waals surface area contributed by atoms with Crippen LogP contribution in [-0.2, 0) is 14.6 Å². The summed E-state index contributed by atoms with van der Waals surface area (Å²) in [5.74, 6) is -0.257. The van der Waals surface area contributed by atoms with Crippen LogP contribution in [0.3, 0.4) is 0 Å². The average molecular weight is 418 g/mol. The zero-order valence-electron chi connectivity index (χ0n) is 13.6. The Morgan fingerprint density at radius 1 is 1.32 bits per heavy atom. The number of benzene rings is 1. The molecule has 0 atom stereocenters. The van der Waals surface area contributed by atoms with Crippen molar-refractivity contribution in [2.24, 2.45) is 0 Å². The number of hydrogen-bond donors (Lipinski definition) is 1. The maximum atomic E-state index is 13.3. The maximum Gasteiger partial charge on any atom is 0.193 e. The molecule has 2 aromatic rings. The number of aliphatic hydroxyl groups is 1. The lowest BCUT2D eigenvalue weighted by molar-refractivity contribution is 0.386. The van der Waals surface area contributed by atoms with E-state index in [1.54, 1.807) is 21.7 Å². The van der Waals surface area contributed by atoms with Crippen LogP contribution in [0.2, 0.25) is 10.0 Å². The molecule has 1 aromatic carbocycles. The largest absolute Gasteiger partial charge is 0.505 e. The number of halogens is 2. The maximum absolute atomic E-state index is 13.3. The van der Waals surface area contributed by atoms with Gasteiger partial charge >= 0.3 is 0 Å². The van der Waals surface area contributed by atoms with Crippen LogP contribution in [0.4, 0.5) is 0 Å². The highest BCUT2D eigenvalue weighted by molar-refractivity contribution is 8.01. The standard InChI is InChI=1S/C15H14BCl2NO4S2/c1-15(2)14-12(24-6-19-14)10(20)13(25(15,21)22)9-7(17)3-4-8(18)11(9)23-5-16/h3-4,6,20H,5,16H2,1-2H3. The van der Waals surface area contributed by atoms with Crippen molar-refractivity contribution in [3.8, 4) is 5.75 Å². The highest BCUT2D eigenvalue weighted by Gasteiger charge is 2.50. The lowest BCUT2D eigenvalue weighted by Gasteiger charge is -2.31. The molecule has 5 nitrogen and oxygen atoms in total. The summed E-state index contributed by atoms with van der Waals surface area (Å²) in [6.07, 6.45) is 0. The van der Waals surface area contributed by atoms with Crippen LogP contribution in [0.1, 0.15) is 30.0 Å². The van der Waals surface area contributed by atoms with Crippen molar-refractivity contribution < 1.29 is 18.3 Å². The molecule has 1 aliphatic heterocycles. The molecule has 132 valence electrons. The van der Waals surface area contributed by atoms with Crippen LogP contribution in [0.5, 0.6) is 5.75 Å². The molecular formula is C15H14BCl2NO4S2. The second-order valence-corrected chi connectivity index (χ2v) is 9.99. The number of rotatable bonds is 3. The molecule has 0 radical (unpaired) electrons. The van der Waals surface area contributed by atoms with E-state index in [-0.39, 0.29) is 38.5 Å². The highest BCUT2D eigenvalue weighted by Crippen LogP contribution is 2.52. The van der Waals surface area contributed by atoms with Gasteiger partial charge in [0.05, 0.1) is 38.2 Å². The molecule has 1 aliphatic rings. The Morgan fingerprint density at radius 3 is 2.60 bits per heavy atom. The van der Waals surface area contributed by atoms with E-state index in [4.69, 9.17) is 27.9 Å². The van der Waals surface area contributed by atoms with Crippen LogP contribution >= 0.6 is 34.5 Å². The van der Waals surface area contributed by atoms with Gasteiger partial charge in [-0.2, -0.15) is 0 Å². The summed E-state index contributed by atoms with van der Waals surface area (Å²) in [6.45, 7) is 3.36. The number of nitrogens with zero attached hydrogens (tertiary/aromatic N) is 1. The van der Waals surface area contributed by atoms with Crippen molar-refractivity contribution >= 4 is 62.9 Å². The molecule has 2 heterocycles. The van der Waals surface area contributed by atoms with Crippen LogP contribution in [0.25, 0.3) is 10.7 Å². The second kappa shape index (κ2) is 6.19. The number of aliphatic hydroxyl groups excluding tert-OH is 1. The zero-order valence-corrected chi connectivity index (χ0v) is 16.8. The van der Waals surface area contributed by atoms with Gasteiger partial charge in [0.15, 0.2) is 23.4 Å². The summed E-state index contributed by atoms with van der Waals surface area (Å²) in [5.41, 5.74) is 1.89. The molecule has 0 saturated heterocycles. The third kappa shape index (κ3) is 2.58. The molecule has 25 heavy (non-hydrogen) atoms. The van der Waals surface area contributed by atoms with Gasteiger partial charge in [0, 0.05) is 0 Å². The minimum absolute atomic E-state index is 0.0700. The van der Waals surface area contributed by atoms with Gasteiger partial charge < -0.3 is 9.84 Å². The summed E-state index contributed by atoms with van der Waals surface area (Å²) in [4.78, 5) is 4.25. The smallest absolute Gasteiger partial charge is 0.193 e. The topological polar surface area (TPSA) is 76.5 Å². The molecule has 1 aromatic heterocycles. The number of fused-ring (bicyclic) bond motifs is 1. The fourth-order valence-electron chi connectivity index (χ4n) is 2.74. The van der Waals surface area contributed by atoms with Gasteiger partial charge in [0.25, 0.3) is 0 Å². The predicted octanol–water partition coefficient (Wildman–Crippen LogP) is 3.47. The number of aromatic nitrogens is 1. The van der Waals surface area contributed by atoms with Crippen molar-refractivity contribution in [3.63, 3.8) is 0 Å². The van der Waals surface area contributed by atoms with Gasteiger partial charge in [0.1, 0.15) is 15.4 Å². The molecule has 3 rings (SSSR count). The van der Waals surface area contributed by atoms with Crippen LogP contribution < -0.4 is 4.74 Å². The highest BCUT2D eigenvalue weighted by atomic mass is 35.5. The van der Waals surface area contributed by atoms with E-state index in [2.05, 4.69) is 4.98 Å². The molecule has 0 saturated carbocycles. The third-order valence-corrected chi connectivity index (χ3v) is 8.00. The van der Waals surface area contributed by atoms with Gasteiger partial charge in [-0.25, -0.2) is 13.4 Å². The molecular weight excluding hydrogens is 404 g/mol. The first-order chi connectivity index (χ1) is 11.6. The fraction of sp³-hybridized carbons (Fsp3) is 0.267. The molecule has 0 amide bonds. The van der Waals surface area contributed by atoms with Crippen LogP contribution in [0, 0.1) is 0 Å². The van der Waals surface area contributed by atoms with Gasteiger partial charge in [-0.1, -0.05) is 23.2 Å². The summed E-state index contributed by atoms with van der Waals surface area (Å²) >= 11 is 13.7. The number of thiazole rings is 1. The molecule has 0 bridgehead atoms. The van der Waals surface area contributed by atoms with Crippen molar-refractivity contribution in [1.29, 1.82) is 0 Å². The van der Waals surface area contributed by atoms with Gasteiger partial charge in [0.2, 0.25) is 0 Å². The summed E-state index contributed by atoms with van der Waals surface area (Å²) in [5, 5.41) is 11.1. The number of sulfone groups is 1. The quantitative estimate of drug-likeness (QED) is 0.773. The average Bonchev–Trinajstić information content (AvgIpc) is 3.03. The SMILES string of the molecule is BCOc1c(Cl)ccc(Cl)c1C1=C(O)c2scnc2C(C)(C)S1(=O)=O. The van der Waals surface area contributed by atoms with E-state index in [0.29, 0.717) is 10.6 Å². The normalized spacial score (nSPS) is 18.1. The predicted molar refractivity (Wildman–Crippen MR) is 104 cm³/mol. The lowest BCUT2D eigenvalue weighted by atomic mass is 10.1. The Hall–Kier alpha value is -1.22. The number of hydrogen-bond acceptors (Lipinski definition) is 6. The first-order valence-electron chi connectivity index (χ1n) is 7.38. The Labute approximate surface area is 160 Å². The molecule has 0 aliphatic carbocycles. The minimum atomic E-state index is -4.02. The van der Waals surface area contributed by atoms with E-state index in [1.165, 1.54) is 17.6 Å². The monoisotopic (exact) mass is 417 g/mol. The van der Waals surface area contributed by atoms with Gasteiger partial charge in [-0.05, 0) is 26.0 Å². The summed E-state index contributed by atoms with van der Waals surface area (Å²) in [6, 6.07) is 3.00. The summed E-state index contributed by atoms with van der Waals surface area (Å²) in [7, 11) is -2.27. The van der Waals surface area contributed by atoms with E-state index < -0.39 is 14.6 Å². The fourth-order valence-corrected chi connectivity index (χ4v) is 6.02. The Bertz CT molecular complexity index is 999. The van der Waals surface area contributed by atoms with Crippen molar-refractivity contribution in [3.05, 3.63) is 43.8 Å². The van der Waals surface area contributed by atoms with E-state index >= 15 is 0 Å². The van der Waals surface area contributed by atoms with Gasteiger partial charge in [-0.15, -0.1) is 11.3 Å². The van der Waals surface area contributed by atoms with Crippen LogP contribution in [0.15, 0.2) is 17.6 Å². The van der Waals surface area contributed by atoms with Crippen molar-refractivity contribution in [1.82, 2.24) is 4.98 Å². The molecule has 0 spiro atoms. The van der Waals surface area contributed by atoms with E-state index in [9.17, 15) is 13.5 Å². The molecule has 0 unspecified atom stereocenters. The van der Waals surface area contributed by atoms with E-state index in [1.807, 2.05) is 0 Å². The van der Waals surface area contributed by atoms with Crippen molar-refractivity contribution in [2.45, 2.75) is 18.6 Å². The Morgan fingerprint density at radius 2 is 1.96 bits per heavy atom. The third-order valence-electron chi connectivity index (χ3n) is 4.08. The summed E-state index contributed by atoms with van der Waals surface area (Å²) < 4.78 is 30.8. The molecule has 10 heteroatoms. The minimum Gasteiger partial charge on any atom is -0.505 e. The zero-order chi connectivity index (χ0) is 18.6. The Balaban J connectivity index is 2.46. The lowest BCUT2D eigenvalue weighted by Crippen LogP contribution is -2.34. The van der Waals surface area contributed by atoms with E-state index in [0.717, 1.165) is 11.3 Å². The second-order valence-electron chi connectivity index (χ2n) is 5.89. The van der Waals surface area contributed by atoms with Gasteiger partial charge in [-0.3, -0.25) is 0 Å². The van der Waals surface area contributed by atoms with Crippen molar-refractivity contribution in [2.75, 3.05) is 6.51 Å². The number of ether oxygens (including phenoxy) is 1. The van der Waals surface area contributed by atoms with Crippen LogP contribution in [-0.4, -0.2) is 32.9 Å². The first kappa shape index (κ1) is 18.6. The molecule has 1 N–H and O–H groups in total. The first-order valence-corrected chi connectivity index (χ1v) is 10.5. The molecule has 0 fully saturated rings.